The number of benzene rings is 3. The van der Waals surface area contributed by atoms with Gasteiger partial charge in [-0.2, -0.15) is 4.68 Å². The summed E-state index contributed by atoms with van der Waals surface area (Å²) in [5.41, 5.74) is 2.99. The van der Waals surface area contributed by atoms with Crippen molar-refractivity contribution in [3.63, 3.8) is 0 Å². The number of methoxy groups -OCH3 is 1. The molecule has 3 aromatic carbocycles. The van der Waals surface area contributed by atoms with E-state index >= 15 is 0 Å². The first-order valence-corrected chi connectivity index (χ1v) is 12.8. The predicted molar refractivity (Wildman–Crippen MR) is 144 cm³/mol. The van der Waals surface area contributed by atoms with Gasteiger partial charge in [0, 0.05) is 25.2 Å². The van der Waals surface area contributed by atoms with Crippen molar-refractivity contribution < 1.29 is 14.6 Å². The van der Waals surface area contributed by atoms with Gasteiger partial charge in [-0.15, -0.1) is 0 Å². The number of nitrogens with one attached hydrogen (secondary N) is 1. The number of thiazole rings is 1. The maximum atomic E-state index is 13.7. The van der Waals surface area contributed by atoms with Crippen LogP contribution in [0.1, 0.15) is 16.7 Å². The van der Waals surface area contributed by atoms with E-state index in [0.29, 0.717) is 20.6 Å². The first kappa shape index (κ1) is 23.8. The summed E-state index contributed by atoms with van der Waals surface area (Å²) in [5, 5.41) is 9.96. The quantitative estimate of drug-likeness (QED) is 0.425. The highest BCUT2D eigenvalue weighted by Crippen LogP contribution is 2.53. The van der Waals surface area contributed by atoms with E-state index in [4.69, 9.17) is 9.73 Å². The highest BCUT2D eigenvalue weighted by Gasteiger charge is 2.69. The third-order valence-corrected chi connectivity index (χ3v) is 8.24. The number of phenolic OH excluding ortho intramolecular Hbond substituents is 1. The Morgan fingerprint density at radius 1 is 0.947 bits per heavy atom. The molecule has 0 saturated carbocycles. The lowest BCUT2D eigenvalue weighted by molar-refractivity contribution is 0.0648. The van der Waals surface area contributed by atoms with Crippen LogP contribution in [0.15, 0.2) is 88.6 Å². The normalized spacial score (nSPS) is 22.5. The molecule has 2 amide bonds. The van der Waals surface area contributed by atoms with Crippen LogP contribution in [-0.2, 0) is 11.3 Å². The molecule has 6 rings (SSSR count). The maximum absolute atomic E-state index is 13.7. The molecule has 2 atom stereocenters. The SMILES string of the molecule is COc1cc(/C=c2/sc3n(c2=O)N[C@@]2(c4ccccc4)N(C)C(=O)N(C)[C@]2(c2ccccc2)N=3)ccc1O. The van der Waals surface area contributed by atoms with Crippen molar-refractivity contribution >= 4 is 23.4 Å². The standard InChI is InChI=1S/C28H25N5O4S/c1-31-26(36)32(2)28(20-12-8-5-9-13-20)27(31,19-10-6-4-7-11-19)29-25-33(30-28)24(35)23(38-25)17-18-14-15-21(34)22(16-18)37-3/h4-17,30,34H,1-3H3/b23-17+/t27-,28-/m0/s1. The Labute approximate surface area is 222 Å². The number of nitrogens with zero attached hydrogens (tertiary/aromatic N) is 4. The molecule has 2 aliphatic heterocycles. The van der Waals surface area contributed by atoms with Crippen LogP contribution in [0.4, 0.5) is 4.79 Å². The minimum absolute atomic E-state index is 0.0154. The summed E-state index contributed by atoms with van der Waals surface area (Å²) in [5.74, 6) is 0.326. The Balaban J connectivity index is 1.67. The lowest BCUT2D eigenvalue weighted by Gasteiger charge is -2.49. The van der Waals surface area contributed by atoms with E-state index in [-0.39, 0.29) is 17.3 Å². The zero-order chi connectivity index (χ0) is 26.7. The average Bonchev–Trinajstić information content (AvgIpc) is 3.33. The topological polar surface area (TPSA) is 99.4 Å². The average molecular weight is 528 g/mol. The molecule has 9 nitrogen and oxygen atoms in total. The molecule has 2 aliphatic rings. The maximum Gasteiger partial charge on any atom is 0.324 e. The third-order valence-electron chi connectivity index (χ3n) is 7.27. The summed E-state index contributed by atoms with van der Waals surface area (Å²) in [7, 11) is 4.93. The Kier molecular flexibility index (Phi) is 5.32. The van der Waals surface area contributed by atoms with Crippen molar-refractivity contribution in [2.24, 2.45) is 4.99 Å². The fourth-order valence-corrected chi connectivity index (χ4v) is 6.42. The minimum atomic E-state index is -1.22. The number of urea groups is 1. The van der Waals surface area contributed by atoms with E-state index in [1.54, 1.807) is 42.1 Å². The second-order valence-corrected chi connectivity index (χ2v) is 10.2. The summed E-state index contributed by atoms with van der Waals surface area (Å²) in [4.78, 5) is 36.2. The number of aromatic hydroxyl groups is 1. The van der Waals surface area contributed by atoms with Gasteiger partial charge in [-0.3, -0.25) is 20.0 Å². The second kappa shape index (κ2) is 8.49. The fraction of sp³-hybridized carbons (Fsp3) is 0.179. The van der Waals surface area contributed by atoms with Crippen molar-refractivity contribution in [1.82, 2.24) is 14.5 Å². The molecule has 2 N–H and O–H groups in total. The molecule has 38 heavy (non-hydrogen) atoms. The van der Waals surface area contributed by atoms with Crippen LogP contribution in [0, 0.1) is 0 Å². The van der Waals surface area contributed by atoms with Crippen molar-refractivity contribution in [3.05, 3.63) is 115 Å². The number of carbonyl (C=O) groups is 1. The number of ether oxygens (including phenoxy) is 1. The van der Waals surface area contributed by atoms with E-state index in [1.165, 1.54) is 29.2 Å². The monoisotopic (exact) mass is 527 g/mol. The van der Waals surface area contributed by atoms with Crippen molar-refractivity contribution in [1.29, 1.82) is 0 Å². The van der Waals surface area contributed by atoms with Crippen LogP contribution >= 0.6 is 11.3 Å². The molecule has 1 saturated heterocycles. The summed E-state index contributed by atoms with van der Waals surface area (Å²) in [6.45, 7) is 0. The Morgan fingerprint density at radius 2 is 1.61 bits per heavy atom. The van der Waals surface area contributed by atoms with Crippen molar-refractivity contribution in [3.8, 4) is 11.5 Å². The van der Waals surface area contributed by atoms with Gasteiger partial charge in [0.2, 0.25) is 16.1 Å². The molecule has 0 bridgehead atoms. The smallest absolute Gasteiger partial charge is 0.324 e. The van der Waals surface area contributed by atoms with Crippen LogP contribution in [-0.4, -0.2) is 46.8 Å². The molecule has 0 spiro atoms. The second-order valence-electron chi connectivity index (χ2n) is 9.20. The van der Waals surface area contributed by atoms with Crippen molar-refractivity contribution in [2.45, 2.75) is 11.3 Å². The number of hydrogen-bond acceptors (Lipinski definition) is 7. The highest BCUT2D eigenvalue weighted by atomic mass is 32.1. The minimum Gasteiger partial charge on any atom is -0.504 e. The van der Waals surface area contributed by atoms with Gasteiger partial charge in [-0.05, 0) is 23.8 Å². The molecule has 10 heteroatoms. The number of hydrogen-bond donors (Lipinski definition) is 2. The Morgan fingerprint density at radius 3 is 2.26 bits per heavy atom. The molecule has 192 valence electrons. The summed E-state index contributed by atoms with van der Waals surface area (Å²) in [6, 6.07) is 23.9. The first-order valence-electron chi connectivity index (χ1n) is 11.9. The molecule has 0 unspecified atom stereocenters. The van der Waals surface area contributed by atoms with Gasteiger partial charge in [0.15, 0.2) is 11.5 Å². The largest absolute Gasteiger partial charge is 0.504 e. The van der Waals surface area contributed by atoms with Crippen LogP contribution in [0.5, 0.6) is 11.5 Å². The number of aromatic nitrogens is 1. The van der Waals surface area contributed by atoms with E-state index in [0.717, 1.165) is 11.1 Å². The Hall–Kier alpha value is -4.57. The van der Waals surface area contributed by atoms with Crippen LogP contribution in [0.2, 0.25) is 0 Å². The number of phenols is 1. The molecule has 4 aromatic rings. The molecule has 1 aromatic heterocycles. The Bertz CT molecular complexity index is 1740. The van der Waals surface area contributed by atoms with E-state index in [9.17, 15) is 14.7 Å². The van der Waals surface area contributed by atoms with Crippen LogP contribution < -0.4 is 25.1 Å². The molecule has 3 heterocycles. The zero-order valence-electron chi connectivity index (χ0n) is 21.0. The van der Waals surface area contributed by atoms with Crippen molar-refractivity contribution in [2.75, 3.05) is 26.6 Å². The molecular weight excluding hydrogens is 502 g/mol. The number of amides is 2. The van der Waals surface area contributed by atoms with Crippen LogP contribution in [0.25, 0.3) is 6.08 Å². The molecule has 0 radical (unpaired) electrons. The van der Waals surface area contributed by atoms with Gasteiger partial charge in [0.25, 0.3) is 5.56 Å². The lowest BCUT2D eigenvalue weighted by atomic mass is 9.80. The summed E-state index contributed by atoms with van der Waals surface area (Å²) < 4.78 is 7.08. The van der Waals surface area contributed by atoms with Gasteiger partial charge in [-0.1, -0.05) is 78.1 Å². The van der Waals surface area contributed by atoms with E-state index < -0.39 is 11.3 Å². The molecule has 0 aliphatic carbocycles. The number of likely N-dealkylation sites (N-methyl/N-ethyl adjacent to an activating group) is 2. The molecule has 1 fully saturated rings. The van der Waals surface area contributed by atoms with Gasteiger partial charge in [0.05, 0.1) is 11.6 Å². The highest BCUT2D eigenvalue weighted by molar-refractivity contribution is 7.07. The molecular formula is C28H25N5O4S. The predicted octanol–water partition coefficient (Wildman–Crippen LogP) is 2.33. The third kappa shape index (κ3) is 3.07. The first-order chi connectivity index (χ1) is 18.3. The number of carbonyl (C=O) groups excluding carboxylic acids is 1. The van der Waals surface area contributed by atoms with Gasteiger partial charge >= 0.3 is 6.03 Å². The van der Waals surface area contributed by atoms with E-state index in [2.05, 4.69) is 5.43 Å². The fourth-order valence-electron chi connectivity index (χ4n) is 5.45. The number of fused-ring (bicyclic) bond motifs is 2. The van der Waals surface area contributed by atoms with E-state index in [1.807, 2.05) is 60.7 Å². The van der Waals surface area contributed by atoms with Gasteiger partial charge in [0.1, 0.15) is 0 Å². The van der Waals surface area contributed by atoms with Gasteiger partial charge in [-0.25, -0.2) is 9.79 Å². The summed E-state index contributed by atoms with van der Waals surface area (Å²) in [6.07, 6.45) is 1.73. The van der Waals surface area contributed by atoms with Gasteiger partial charge < -0.3 is 9.84 Å². The van der Waals surface area contributed by atoms with Crippen LogP contribution in [0.3, 0.4) is 0 Å². The lowest BCUT2D eigenvalue weighted by Crippen LogP contribution is -2.67. The number of rotatable bonds is 4. The summed E-state index contributed by atoms with van der Waals surface area (Å²) >= 11 is 1.22. The zero-order valence-corrected chi connectivity index (χ0v) is 21.8.